The number of rotatable bonds is 2. The van der Waals surface area contributed by atoms with Crippen molar-refractivity contribution in [1.82, 2.24) is 4.98 Å². The fourth-order valence-electron chi connectivity index (χ4n) is 0.683. The molecule has 0 aliphatic rings. The van der Waals surface area contributed by atoms with Gasteiger partial charge in [0.15, 0.2) is 5.78 Å². The Balaban J connectivity index is 3.09. The number of carbonyl (C=O) groups is 1. The van der Waals surface area contributed by atoms with Gasteiger partial charge in [-0.05, 0) is 6.07 Å². The largest absolute Gasteiger partial charge is 0.291 e. The van der Waals surface area contributed by atoms with Gasteiger partial charge < -0.3 is 0 Å². The number of nitrogens with zero attached hydrogens (tertiary/aromatic N) is 1. The minimum atomic E-state index is -0.578. The molecule has 0 unspecified atom stereocenters. The van der Waals surface area contributed by atoms with E-state index in [1.807, 2.05) is 0 Å². The number of carbonyl (C=O) groups excluding carboxylic acids is 1. The number of hydrogen-bond donors (Lipinski definition) is 0. The van der Waals surface area contributed by atoms with Gasteiger partial charge in [0.1, 0.15) is 11.5 Å². The Morgan fingerprint density at radius 1 is 1.67 bits per heavy atom. The molecule has 0 atom stereocenters. The smallest absolute Gasteiger partial charge is 0.197 e. The predicted octanol–water partition coefficient (Wildman–Crippen LogP) is 2.30. The van der Waals surface area contributed by atoms with Crippen molar-refractivity contribution >= 4 is 29.0 Å². The van der Waals surface area contributed by atoms with Crippen molar-refractivity contribution in [3.8, 4) is 0 Å². The minimum Gasteiger partial charge on any atom is -0.291 e. The molecule has 2 nitrogen and oxygen atoms in total. The molecule has 0 aliphatic heterocycles. The highest BCUT2D eigenvalue weighted by Gasteiger charge is 2.10. The first-order valence-electron chi connectivity index (χ1n) is 3.05. The quantitative estimate of drug-likeness (QED) is 0.551. The Bertz CT molecular complexity index is 316. The lowest BCUT2D eigenvalue weighted by Gasteiger charge is -1.98. The molecule has 0 spiro atoms. The maximum atomic E-state index is 12.4. The van der Waals surface area contributed by atoms with E-state index < -0.39 is 11.6 Å². The lowest BCUT2D eigenvalue weighted by Crippen LogP contribution is -2.04. The monoisotopic (exact) mass is 207 g/mol. The van der Waals surface area contributed by atoms with Crippen LogP contribution in [0.1, 0.15) is 10.5 Å². The van der Waals surface area contributed by atoms with Crippen molar-refractivity contribution in [3.05, 3.63) is 28.8 Å². The molecule has 0 aromatic carbocycles. The first kappa shape index (κ1) is 9.42. The van der Waals surface area contributed by atoms with Crippen LogP contribution in [0.25, 0.3) is 0 Å². The van der Waals surface area contributed by atoms with Crippen molar-refractivity contribution in [3.63, 3.8) is 0 Å². The summed E-state index contributed by atoms with van der Waals surface area (Å²) >= 11 is 10.8. The summed E-state index contributed by atoms with van der Waals surface area (Å²) in [6, 6.07) is 1.02. The molecule has 1 aromatic rings. The van der Waals surface area contributed by atoms with E-state index in [1.165, 1.54) is 0 Å². The van der Waals surface area contributed by atoms with Gasteiger partial charge in [0.2, 0.25) is 0 Å². The summed E-state index contributed by atoms with van der Waals surface area (Å²) in [5.41, 5.74) is 0.00747. The fraction of sp³-hybridized carbons (Fsp3) is 0.143. The average molecular weight is 208 g/mol. The molecule has 1 heterocycles. The molecule has 0 amide bonds. The normalized spacial score (nSPS) is 9.92. The second-order valence-corrected chi connectivity index (χ2v) is 2.72. The SMILES string of the molecule is O=C(CCl)c1ncc(F)cc1Cl. The van der Waals surface area contributed by atoms with E-state index in [9.17, 15) is 9.18 Å². The minimum absolute atomic E-state index is 0.00747. The number of pyridine rings is 1. The molecule has 0 N–H and O–H groups in total. The van der Waals surface area contributed by atoms with Gasteiger partial charge in [0, 0.05) is 0 Å². The lowest BCUT2D eigenvalue weighted by molar-refractivity contribution is 0.101. The molecule has 0 saturated heterocycles. The van der Waals surface area contributed by atoms with Crippen LogP contribution in [0, 0.1) is 5.82 Å². The summed E-state index contributed by atoms with van der Waals surface area (Å²) < 4.78 is 12.4. The van der Waals surface area contributed by atoms with Crippen LogP contribution in [-0.2, 0) is 0 Å². The van der Waals surface area contributed by atoms with Crippen LogP contribution in [0.3, 0.4) is 0 Å². The first-order chi connectivity index (χ1) is 5.65. The Labute approximate surface area is 78.3 Å². The van der Waals surface area contributed by atoms with Gasteiger partial charge in [-0.2, -0.15) is 0 Å². The fourth-order valence-corrected chi connectivity index (χ4v) is 1.07. The number of aromatic nitrogens is 1. The van der Waals surface area contributed by atoms with E-state index in [1.54, 1.807) is 0 Å². The highest BCUT2D eigenvalue weighted by atomic mass is 35.5. The molecular formula is C7H4Cl2FNO. The maximum Gasteiger partial charge on any atom is 0.197 e. The van der Waals surface area contributed by atoms with E-state index in [0.717, 1.165) is 12.3 Å². The molecule has 0 aliphatic carbocycles. The Hall–Kier alpha value is -0.670. The van der Waals surface area contributed by atoms with Crippen LogP contribution in [0.4, 0.5) is 4.39 Å². The van der Waals surface area contributed by atoms with E-state index in [4.69, 9.17) is 23.2 Å². The number of Topliss-reactive ketones (excluding diaryl/α,β-unsaturated/α-hetero) is 1. The molecule has 1 aromatic heterocycles. The molecular weight excluding hydrogens is 204 g/mol. The number of hydrogen-bond acceptors (Lipinski definition) is 2. The zero-order valence-corrected chi connectivity index (χ0v) is 7.36. The Morgan fingerprint density at radius 2 is 2.33 bits per heavy atom. The molecule has 5 heteroatoms. The van der Waals surface area contributed by atoms with Gasteiger partial charge in [-0.15, -0.1) is 11.6 Å². The second-order valence-electron chi connectivity index (χ2n) is 2.04. The van der Waals surface area contributed by atoms with Gasteiger partial charge in [0.05, 0.1) is 17.1 Å². The third kappa shape index (κ3) is 1.93. The molecule has 0 saturated carbocycles. The maximum absolute atomic E-state index is 12.4. The van der Waals surface area contributed by atoms with E-state index in [-0.39, 0.29) is 16.6 Å². The van der Waals surface area contributed by atoms with Crippen molar-refractivity contribution in [2.24, 2.45) is 0 Å². The third-order valence-corrected chi connectivity index (χ3v) is 1.72. The molecule has 0 radical (unpaired) electrons. The standard InChI is InChI=1S/C7H4Cl2FNO/c8-2-6(12)7-5(9)1-4(10)3-11-7/h1,3H,2H2. The van der Waals surface area contributed by atoms with Gasteiger partial charge >= 0.3 is 0 Å². The summed E-state index contributed by atoms with van der Waals surface area (Å²) in [4.78, 5) is 14.5. The summed E-state index contributed by atoms with van der Waals surface area (Å²) in [6.07, 6.45) is 0.922. The topological polar surface area (TPSA) is 30.0 Å². The van der Waals surface area contributed by atoms with Gasteiger partial charge in [0.25, 0.3) is 0 Å². The summed E-state index contributed by atoms with van der Waals surface area (Å²) in [7, 11) is 0. The third-order valence-electron chi connectivity index (χ3n) is 1.19. The lowest BCUT2D eigenvalue weighted by atomic mass is 10.3. The molecule has 0 fully saturated rings. The second kappa shape index (κ2) is 3.83. The molecule has 64 valence electrons. The number of alkyl halides is 1. The van der Waals surface area contributed by atoms with E-state index in [0.29, 0.717) is 0 Å². The van der Waals surface area contributed by atoms with Gasteiger partial charge in [-0.1, -0.05) is 11.6 Å². The average Bonchev–Trinajstić information content (AvgIpc) is 2.03. The summed E-state index contributed by atoms with van der Waals surface area (Å²) in [5.74, 6) is -1.20. The van der Waals surface area contributed by atoms with Crippen molar-refractivity contribution < 1.29 is 9.18 Å². The van der Waals surface area contributed by atoms with Crippen LogP contribution >= 0.6 is 23.2 Å². The zero-order valence-electron chi connectivity index (χ0n) is 5.85. The van der Waals surface area contributed by atoms with Gasteiger partial charge in [-0.3, -0.25) is 4.79 Å². The first-order valence-corrected chi connectivity index (χ1v) is 3.96. The summed E-state index contributed by atoms with van der Waals surface area (Å²) in [5, 5.41) is -0.0133. The Morgan fingerprint density at radius 3 is 2.83 bits per heavy atom. The van der Waals surface area contributed by atoms with Crippen LogP contribution in [-0.4, -0.2) is 16.6 Å². The van der Waals surface area contributed by atoms with Crippen molar-refractivity contribution in [2.75, 3.05) is 5.88 Å². The number of halogens is 3. The highest BCUT2D eigenvalue weighted by Crippen LogP contribution is 2.15. The van der Waals surface area contributed by atoms with Crippen LogP contribution in [0.5, 0.6) is 0 Å². The zero-order chi connectivity index (χ0) is 9.14. The van der Waals surface area contributed by atoms with Crippen molar-refractivity contribution in [2.45, 2.75) is 0 Å². The van der Waals surface area contributed by atoms with Crippen LogP contribution in [0.2, 0.25) is 5.02 Å². The van der Waals surface area contributed by atoms with Crippen molar-refractivity contribution in [1.29, 1.82) is 0 Å². The molecule has 0 bridgehead atoms. The van der Waals surface area contributed by atoms with E-state index >= 15 is 0 Å². The molecule has 1 rings (SSSR count). The van der Waals surface area contributed by atoms with Gasteiger partial charge in [-0.25, -0.2) is 9.37 Å². The van der Waals surface area contributed by atoms with Crippen LogP contribution < -0.4 is 0 Å². The number of ketones is 1. The molecule has 12 heavy (non-hydrogen) atoms. The predicted molar refractivity (Wildman–Crippen MR) is 44.3 cm³/mol. The highest BCUT2D eigenvalue weighted by molar-refractivity contribution is 6.36. The van der Waals surface area contributed by atoms with Crippen LogP contribution in [0.15, 0.2) is 12.3 Å². The van der Waals surface area contributed by atoms with E-state index in [2.05, 4.69) is 4.98 Å². The summed E-state index contributed by atoms with van der Waals surface area (Å²) in [6.45, 7) is 0. The Kier molecular flexibility index (Phi) is 3.00.